The normalized spacial score (nSPS) is 31.9. The van der Waals surface area contributed by atoms with Crippen molar-refractivity contribution in [2.75, 3.05) is 13.7 Å². The number of benzene rings is 2. The van der Waals surface area contributed by atoms with E-state index in [-0.39, 0.29) is 42.9 Å². The molecule has 4 aliphatic carbocycles. The van der Waals surface area contributed by atoms with Gasteiger partial charge in [-0.1, -0.05) is 68.4 Å². The third-order valence-corrected chi connectivity index (χ3v) is 11.8. The smallest absolute Gasteiger partial charge is 0.310 e. The number of methoxy groups -OCH3 is 1. The first-order valence-electron chi connectivity index (χ1n) is 17.4. The monoisotopic (exact) mass is 729 g/mol. The second kappa shape index (κ2) is 13.4. The molecule has 0 amide bonds. The maximum Gasteiger partial charge on any atom is 0.310 e. The number of phenolic OH excluding ortho intramolecular Hbond substituents is 1. The van der Waals surface area contributed by atoms with Crippen LogP contribution in [0.15, 0.2) is 70.9 Å². The van der Waals surface area contributed by atoms with Gasteiger partial charge in [0.25, 0.3) is 0 Å². The maximum atomic E-state index is 13.7. The van der Waals surface area contributed by atoms with Crippen LogP contribution in [-0.2, 0) is 46.2 Å². The lowest BCUT2D eigenvalue weighted by Gasteiger charge is -2.53. The molecule has 0 bridgehead atoms. The van der Waals surface area contributed by atoms with Crippen molar-refractivity contribution in [2.45, 2.75) is 76.8 Å². The number of carbonyl (C=O) groups is 4. The number of Topliss-reactive ketones (excluding diaryl/α,β-unsaturated/α-hetero) is 1. The lowest BCUT2D eigenvalue weighted by atomic mass is 9.59. The second-order valence-electron chi connectivity index (χ2n) is 15.2. The maximum absolute atomic E-state index is 13.7. The van der Waals surface area contributed by atoms with Crippen LogP contribution in [0.25, 0.3) is 10.4 Å². The fourth-order valence-corrected chi connectivity index (χ4v) is 9.36. The number of fused-ring (bicyclic) bond motifs is 5. The fourth-order valence-electron chi connectivity index (χ4n) is 9.36. The number of phenols is 1. The van der Waals surface area contributed by atoms with Gasteiger partial charge >= 0.3 is 17.9 Å². The molecule has 0 unspecified atom stereocenters. The summed E-state index contributed by atoms with van der Waals surface area (Å²) in [7, 11) is 1.39. The molecule has 280 valence electrons. The number of rotatable bonds is 10. The van der Waals surface area contributed by atoms with Crippen LogP contribution in [0.4, 0.5) is 5.69 Å². The van der Waals surface area contributed by atoms with Crippen molar-refractivity contribution in [3.05, 3.63) is 87.3 Å². The first-order chi connectivity index (χ1) is 24.9. The third-order valence-electron chi connectivity index (χ3n) is 11.8. The van der Waals surface area contributed by atoms with Gasteiger partial charge in [0.05, 0.1) is 25.6 Å². The van der Waals surface area contributed by atoms with Gasteiger partial charge in [-0.15, -0.1) is 0 Å². The van der Waals surface area contributed by atoms with E-state index in [4.69, 9.17) is 24.5 Å². The molecule has 6 rings (SSSR count). The molecule has 53 heavy (non-hydrogen) atoms. The Morgan fingerprint density at radius 1 is 1.02 bits per heavy atom. The summed E-state index contributed by atoms with van der Waals surface area (Å²) in [5.41, 5.74) is 4.52. The van der Waals surface area contributed by atoms with E-state index in [9.17, 15) is 34.5 Å². The molecule has 3 N–H and O–H groups in total. The zero-order valence-electron chi connectivity index (χ0n) is 30.4. The van der Waals surface area contributed by atoms with E-state index in [1.165, 1.54) is 26.2 Å². The molecule has 14 heteroatoms. The molecule has 14 nitrogen and oxygen atoms in total. The van der Waals surface area contributed by atoms with Crippen molar-refractivity contribution >= 4 is 29.4 Å². The highest BCUT2D eigenvalue weighted by molar-refractivity contribution is 6.05. The van der Waals surface area contributed by atoms with Gasteiger partial charge in [-0.3, -0.25) is 19.2 Å². The van der Waals surface area contributed by atoms with Crippen LogP contribution < -0.4 is 4.74 Å². The molecule has 2 aromatic rings. The Balaban J connectivity index is 1.35. The minimum Gasteiger partial charge on any atom is -0.504 e. The van der Waals surface area contributed by atoms with Crippen molar-refractivity contribution < 1.29 is 53.4 Å². The van der Waals surface area contributed by atoms with E-state index in [2.05, 4.69) is 10.0 Å². The van der Waals surface area contributed by atoms with Crippen molar-refractivity contribution in [3.63, 3.8) is 0 Å². The molecular formula is C39H43N3O11. The van der Waals surface area contributed by atoms with Crippen molar-refractivity contribution in [1.29, 1.82) is 0 Å². The molecule has 2 saturated carbocycles. The first kappa shape index (κ1) is 37.6. The highest BCUT2D eigenvalue weighted by Crippen LogP contribution is 2.77. The summed E-state index contributed by atoms with van der Waals surface area (Å²) in [5, 5.41) is 38.8. The van der Waals surface area contributed by atoms with Crippen LogP contribution in [0, 0.1) is 29.1 Å². The van der Waals surface area contributed by atoms with Gasteiger partial charge in [-0.2, -0.15) is 0 Å². The summed E-state index contributed by atoms with van der Waals surface area (Å²) >= 11 is 0. The number of nitrogens with zero attached hydrogens (tertiary/aromatic N) is 3. The van der Waals surface area contributed by atoms with Gasteiger partial charge < -0.3 is 34.3 Å². The third kappa shape index (κ3) is 6.04. The molecule has 2 fully saturated rings. The Morgan fingerprint density at radius 3 is 2.32 bits per heavy atom. The number of hydrogen-bond acceptors (Lipinski definition) is 12. The summed E-state index contributed by atoms with van der Waals surface area (Å²) in [6.45, 7) is 7.88. The van der Waals surface area contributed by atoms with Crippen molar-refractivity contribution in [3.8, 4) is 11.5 Å². The van der Waals surface area contributed by atoms with Crippen LogP contribution in [0.1, 0.15) is 52.2 Å². The van der Waals surface area contributed by atoms with E-state index < -0.39 is 75.7 Å². The number of hydrogen-bond donors (Lipinski definition) is 3. The summed E-state index contributed by atoms with van der Waals surface area (Å²) in [5.74, 6) is -6.02. The average molecular weight is 730 g/mol. The van der Waals surface area contributed by atoms with E-state index in [0.717, 1.165) is 0 Å². The lowest BCUT2D eigenvalue weighted by Crippen LogP contribution is -2.66. The first-order valence-corrected chi connectivity index (χ1v) is 17.4. The summed E-state index contributed by atoms with van der Waals surface area (Å²) < 4.78 is 23.1. The molecule has 0 heterocycles. The van der Waals surface area contributed by atoms with E-state index in [0.29, 0.717) is 22.4 Å². The Bertz CT molecular complexity index is 1980. The molecular weight excluding hydrogens is 686 g/mol. The number of azide groups is 1. The largest absolute Gasteiger partial charge is 0.504 e. The Morgan fingerprint density at radius 2 is 1.68 bits per heavy atom. The fraction of sp³-hybridized carbons (Fsp3) is 0.487. The van der Waals surface area contributed by atoms with Crippen LogP contribution in [0.3, 0.4) is 0 Å². The van der Waals surface area contributed by atoms with Crippen LogP contribution in [0.2, 0.25) is 0 Å². The molecule has 0 spiro atoms. The topological polar surface area (TPSA) is 215 Å². The van der Waals surface area contributed by atoms with E-state index in [1.54, 1.807) is 56.3 Å². The Kier molecular flexibility index (Phi) is 9.47. The van der Waals surface area contributed by atoms with E-state index >= 15 is 0 Å². The van der Waals surface area contributed by atoms with Gasteiger partial charge in [0.15, 0.2) is 22.9 Å². The molecule has 8 atom stereocenters. The van der Waals surface area contributed by atoms with Gasteiger partial charge in [0, 0.05) is 53.0 Å². The molecule has 0 saturated heterocycles. The van der Waals surface area contributed by atoms with Gasteiger partial charge in [-0.05, 0) is 46.9 Å². The van der Waals surface area contributed by atoms with Gasteiger partial charge in [0.1, 0.15) is 18.3 Å². The zero-order valence-corrected chi connectivity index (χ0v) is 30.4. The SMILES string of the molecule is COc1cc(CC(=O)OCC2=C[C@H]3[C@@H]4C(C)(C)[C@]4(OC(C)=O)[C@H](OC(=O)Cc4ccc(N=[N+]=[N-])cc4)[C@@H](C)[C@]3(O)[C@@H]3C=C(C)C(=O)[C@@]3(O)C2)ccc1O. The van der Waals surface area contributed by atoms with Crippen molar-refractivity contribution in [2.24, 2.45) is 34.2 Å². The highest BCUT2D eigenvalue weighted by Gasteiger charge is 2.87. The number of esters is 3. The summed E-state index contributed by atoms with van der Waals surface area (Å²) in [6.07, 6.45) is 1.51. The minimum atomic E-state index is -2.12. The van der Waals surface area contributed by atoms with Gasteiger partial charge in [-0.25, -0.2) is 0 Å². The van der Waals surface area contributed by atoms with E-state index in [1.807, 2.05) is 13.8 Å². The lowest BCUT2D eigenvalue weighted by molar-refractivity contribution is -0.228. The Labute approximate surface area is 306 Å². The number of aromatic hydroxyl groups is 1. The zero-order chi connectivity index (χ0) is 38.7. The molecule has 0 radical (unpaired) electrons. The second-order valence-corrected chi connectivity index (χ2v) is 15.2. The number of aliphatic hydroxyl groups is 2. The number of ether oxygens (including phenoxy) is 4. The summed E-state index contributed by atoms with van der Waals surface area (Å²) in [6, 6.07) is 10.8. The molecule has 0 aliphatic heterocycles. The van der Waals surface area contributed by atoms with Crippen LogP contribution in [-0.4, -0.2) is 75.6 Å². The highest BCUT2D eigenvalue weighted by atomic mass is 16.6. The molecule has 4 aliphatic rings. The van der Waals surface area contributed by atoms with Crippen LogP contribution in [0.5, 0.6) is 11.5 Å². The standard InChI is InChI=1S/C39H43N3O11/c1-20-13-30-37(48,34(20)47)18-25(19-51-31(45)17-24-9-12-28(44)29(15-24)50-6)14-27-33-36(4,5)39(33,53-22(3)43)35(21(2)38(27,30)49)52-32(46)16-23-7-10-26(11-8-23)41-42-40/h7-15,21,27,30,33,35,44,48-49H,16-19H2,1-6H3/t21-,27+,30-,33-,35-,37-,38-,39-/m1/s1. The van der Waals surface area contributed by atoms with Gasteiger partial charge in [0.2, 0.25) is 0 Å². The Hall–Kier alpha value is -5.17. The minimum absolute atomic E-state index is 0.0848. The predicted octanol–water partition coefficient (Wildman–Crippen LogP) is 4.74. The van der Waals surface area contributed by atoms with Crippen LogP contribution >= 0.6 is 0 Å². The number of ketones is 1. The molecule has 0 aromatic heterocycles. The average Bonchev–Trinajstić information content (AvgIpc) is 3.52. The summed E-state index contributed by atoms with van der Waals surface area (Å²) in [4.78, 5) is 55.9. The number of carbonyl (C=O) groups excluding carboxylic acids is 4. The quantitative estimate of drug-likeness (QED) is 0.0758. The molecule has 2 aromatic carbocycles. The van der Waals surface area contributed by atoms with Crippen molar-refractivity contribution in [1.82, 2.24) is 0 Å². The predicted molar refractivity (Wildman–Crippen MR) is 187 cm³/mol.